The first kappa shape index (κ1) is 11.2. The summed E-state index contributed by atoms with van der Waals surface area (Å²) in [5, 5.41) is 13.2. The Balaban J connectivity index is 2.17. The largest absolute Gasteiger partial charge is 0.465 e. The van der Waals surface area contributed by atoms with Crippen LogP contribution in [0.1, 0.15) is 32.1 Å². The highest BCUT2D eigenvalue weighted by Gasteiger charge is 2.39. The molecule has 90 valence electrons. The zero-order chi connectivity index (χ0) is 11.5. The highest BCUT2D eigenvalue weighted by atomic mass is 16.6. The van der Waals surface area contributed by atoms with E-state index in [0.717, 1.165) is 31.4 Å². The maximum absolute atomic E-state index is 11.1. The topological polar surface area (TPSA) is 62.1 Å². The van der Waals surface area contributed by atoms with Crippen LogP contribution in [0, 0.1) is 5.92 Å². The van der Waals surface area contributed by atoms with Gasteiger partial charge in [0, 0.05) is 24.9 Å². The number of carbonyl (C=O) groups is 1. The van der Waals surface area contributed by atoms with Crippen molar-refractivity contribution in [3.8, 4) is 0 Å². The van der Waals surface area contributed by atoms with Crippen molar-refractivity contribution in [3.63, 3.8) is 0 Å². The van der Waals surface area contributed by atoms with Crippen LogP contribution < -0.4 is 0 Å². The number of fused-ring (bicyclic) bond motifs is 1. The van der Waals surface area contributed by atoms with E-state index < -0.39 is 6.09 Å². The second-order valence-electron chi connectivity index (χ2n) is 4.45. The molecular formula is C11H18N2O3. The third-order valence-electron chi connectivity index (χ3n) is 3.62. The Labute approximate surface area is 95.1 Å². The molecule has 1 saturated carbocycles. The summed E-state index contributed by atoms with van der Waals surface area (Å²) in [6.07, 6.45) is 4.19. The van der Waals surface area contributed by atoms with Crippen molar-refractivity contribution >= 4 is 11.8 Å². The molecule has 2 rings (SSSR count). The molecule has 5 heteroatoms. The lowest BCUT2D eigenvalue weighted by Gasteiger charge is -2.42. The molecule has 0 aromatic carbocycles. The number of rotatable bonds is 1. The smallest absolute Gasteiger partial charge is 0.407 e. The van der Waals surface area contributed by atoms with E-state index in [-0.39, 0.29) is 12.0 Å². The quantitative estimate of drug-likeness (QED) is 0.695. The van der Waals surface area contributed by atoms with E-state index in [1.54, 1.807) is 12.0 Å². The molecule has 2 atom stereocenters. The van der Waals surface area contributed by atoms with Crippen LogP contribution in [-0.2, 0) is 4.84 Å². The van der Waals surface area contributed by atoms with Crippen molar-refractivity contribution in [1.29, 1.82) is 0 Å². The van der Waals surface area contributed by atoms with Gasteiger partial charge in [-0.15, -0.1) is 0 Å². The van der Waals surface area contributed by atoms with Crippen LogP contribution in [0.3, 0.4) is 0 Å². The van der Waals surface area contributed by atoms with E-state index in [0.29, 0.717) is 13.0 Å². The maximum atomic E-state index is 11.1. The van der Waals surface area contributed by atoms with Crippen molar-refractivity contribution in [2.45, 2.75) is 38.1 Å². The molecule has 2 aliphatic rings. The molecule has 2 unspecified atom stereocenters. The monoisotopic (exact) mass is 226 g/mol. The van der Waals surface area contributed by atoms with Gasteiger partial charge in [-0.3, -0.25) is 0 Å². The summed E-state index contributed by atoms with van der Waals surface area (Å²) in [5.74, 6) is 0.276. The summed E-state index contributed by atoms with van der Waals surface area (Å²) in [6, 6.07) is 0.119. The molecule has 0 aromatic rings. The minimum Gasteiger partial charge on any atom is -0.465 e. The molecule has 16 heavy (non-hydrogen) atoms. The second kappa shape index (κ2) is 4.72. The van der Waals surface area contributed by atoms with Crippen LogP contribution in [0.15, 0.2) is 5.16 Å². The number of amides is 1. The normalized spacial score (nSPS) is 32.3. The molecule has 1 heterocycles. The highest BCUT2D eigenvalue weighted by molar-refractivity contribution is 5.89. The lowest BCUT2D eigenvalue weighted by Crippen LogP contribution is -2.52. The third-order valence-corrected chi connectivity index (χ3v) is 3.62. The number of piperidine rings is 1. The Morgan fingerprint density at radius 2 is 2.25 bits per heavy atom. The Morgan fingerprint density at radius 1 is 1.50 bits per heavy atom. The summed E-state index contributed by atoms with van der Waals surface area (Å²) in [4.78, 5) is 17.6. The fraction of sp³-hybridized carbons (Fsp3) is 0.818. The fourth-order valence-electron chi connectivity index (χ4n) is 2.93. The Hall–Kier alpha value is -1.26. The van der Waals surface area contributed by atoms with Crippen molar-refractivity contribution < 1.29 is 14.7 Å². The van der Waals surface area contributed by atoms with E-state index in [1.165, 1.54) is 0 Å². The van der Waals surface area contributed by atoms with Gasteiger partial charge in [-0.05, 0) is 12.8 Å². The summed E-state index contributed by atoms with van der Waals surface area (Å²) in [5.41, 5.74) is 1.05. The zero-order valence-corrected chi connectivity index (χ0v) is 9.56. The lowest BCUT2D eigenvalue weighted by molar-refractivity contribution is 0.0900. The summed E-state index contributed by atoms with van der Waals surface area (Å²) in [6.45, 7) is 0.554. The molecule has 0 bridgehead atoms. The zero-order valence-electron chi connectivity index (χ0n) is 9.56. The van der Waals surface area contributed by atoms with Crippen molar-refractivity contribution in [2.75, 3.05) is 13.7 Å². The molecule has 1 aliphatic heterocycles. The van der Waals surface area contributed by atoms with Gasteiger partial charge in [0.25, 0.3) is 0 Å². The number of oxime groups is 1. The van der Waals surface area contributed by atoms with Crippen LogP contribution in [0.4, 0.5) is 4.79 Å². The molecule has 0 aromatic heterocycles. The van der Waals surface area contributed by atoms with Crippen LogP contribution in [-0.4, -0.2) is 41.5 Å². The second-order valence-corrected chi connectivity index (χ2v) is 4.45. The lowest BCUT2D eigenvalue weighted by atomic mass is 9.77. The predicted molar refractivity (Wildman–Crippen MR) is 59.5 cm³/mol. The van der Waals surface area contributed by atoms with Crippen LogP contribution in [0.2, 0.25) is 0 Å². The van der Waals surface area contributed by atoms with Crippen LogP contribution in [0.25, 0.3) is 0 Å². The molecule has 5 nitrogen and oxygen atoms in total. The number of nitrogens with zero attached hydrogens (tertiary/aromatic N) is 2. The molecule has 2 fully saturated rings. The van der Waals surface area contributed by atoms with Crippen molar-refractivity contribution in [3.05, 3.63) is 0 Å². The third kappa shape index (κ3) is 1.99. The van der Waals surface area contributed by atoms with Crippen molar-refractivity contribution in [2.24, 2.45) is 11.1 Å². The minimum absolute atomic E-state index is 0.119. The number of hydrogen-bond donors (Lipinski definition) is 1. The molecule has 1 saturated heterocycles. The van der Waals surface area contributed by atoms with Gasteiger partial charge in [0.1, 0.15) is 7.11 Å². The molecule has 1 aliphatic carbocycles. The Bertz CT molecular complexity index is 304. The molecule has 1 N–H and O–H groups in total. The predicted octanol–water partition coefficient (Wildman–Crippen LogP) is 1.93. The average molecular weight is 226 g/mol. The van der Waals surface area contributed by atoms with Gasteiger partial charge in [0.15, 0.2) is 0 Å². The molecule has 0 radical (unpaired) electrons. The van der Waals surface area contributed by atoms with Gasteiger partial charge in [0.05, 0.1) is 5.71 Å². The van der Waals surface area contributed by atoms with Gasteiger partial charge < -0.3 is 14.8 Å². The summed E-state index contributed by atoms with van der Waals surface area (Å²) < 4.78 is 0. The number of likely N-dealkylation sites (tertiary alicyclic amines) is 1. The van der Waals surface area contributed by atoms with E-state index in [4.69, 9.17) is 9.94 Å². The number of hydrogen-bond acceptors (Lipinski definition) is 3. The Morgan fingerprint density at radius 3 is 2.94 bits per heavy atom. The van der Waals surface area contributed by atoms with E-state index >= 15 is 0 Å². The average Bonchev–Trinajstić information content (AvgIpc) is 2.29. The highest BCUT2D eigenvalue weighted by Crippen LogP contribution is 2.34. The standard InChI is InChI=1S/C11H18N2O3/c1-16-12-9-6-7-13(11(14)15)10-5-3-2-4-8(9)10/h8,10H,2-7H2,1H3,(H,14,15)/b12-9+. The van der Waals surface area contributed by atoms with Gasteiger partial charge in [-0.2, -0.15) is 0 Å². The molecule has 1 amide bonds. The first-order chi connectivity index (χ1) is 7.74. The first-order valence-electron chi connectivity index (χ1n) is 5.83. The molecular weight excluding hydrogens is 208 g/mol. The van der Waals surface area contributed by atoms with Crippen LogP contribution >= 0.6 is 0 Å². The van der Waals surface area contributed by atoms with Gasteiger partial charge >= 0.3 is 6.09 Å². The summed E-state index contributed by atoms with van der Waals surface area (Å²) >= 11 is 0. The van der Waals surface area contributed by atoms with Crippen molar-refractivity contribution in [1.82, 2.24) is 4.90 Å². The minimum atomic E-state index is -0.798. The fourth-order valence-corrected chi connectivity index (χ4v) is 2.93. The van der Waals surface area contributed by atoms with Gasteiger partial charge in [-0.25, -0.2) is 4.79 Å². The summed E-state index contributed by atoms with van der Waals surface area (Å²) in [7, 11) is 1.55. The van der Waals surface area contributed by atoms with E-state index in [9.17, 15) is 4.79 Å². The van der Waals surface area contributed by atoms with Gasteiger partial charge in [-0.1, -0.05) is 18.0 Å². The van der Waals surface area contributed by atoms with E-state index in [2.05, 4.69) is 5.16 Å². The maximum Gasteiger partial charge on any atom is 0.407 e. The Kier molecular flexibility index (Phi) is 3.31. The first-order valence-corrected chi connectivity index (χ1v) is 5.83. The van der Waals surface area contributed by atoms with Crippen LogP contribution in [0.5, 0.6) is 0 Å². The molecule has 0 spiro atoms. The SMILES string of the molecule is CO/N=C1\CCN(C(=O)O)C2CCCCC12. The van der Waals surface area contributed by atoms with Gasteiger partial charge in [0.2, 0.25) is 0 Å². The van der Waals surface area contributed by atoms with E-state index in [1.807, 2.05) is 0 Å². The number of carboxylic acid groups (broad SMARTS) is 1.